The summed E-state index contributed by atoms with van der Waals surface area (Å²) in [7, 11) is 0. The number of rotatable bonds is 4. The third-order valence-corrected chi connectivity index (χ3v) is 4.94. The number of nitrogens with two attached hydrogens (primary N) is 2. The van der Waals surface area contributed by atoms with E-state index in [-0.39, 0.29) is 11.5 Å². The first-order chi connectivity index (χ1) is 10.2. The molecular formula is C18H23N3. The molecule has 3 nitrogen and oxygen atoms in total. The molecule has 3 heteroatoms. The fourth-order valence-corrected chi connectivity index (χ4v) is 3.69. The Labute approximate surface area is 126 Å². The van der Waals surface area contributed by atoms with Crippen LogP contribution >= 0.6 is 0 Å². The van der Waals surface area contributed by atoms with Gasteiger partial charge in [0, 0.05) is 29.5 Å². The fraction of sp³-hybridized carbons (Fsp3) is 0.389. The van der Waals surface area contributed by atoms with Crippen LogP contribution in [0.5, 0.6) is 0 Å². The quantitative estimate of drug-likeness (QED) is 0.905. The maximum Gasteiger partial charge on any atom is 0.0378 e. The second kappa shape index (κ2) is 5.86. The van der Waals surface area contributed by atoms with Crippen LogP contribution in [0.4, 0.5) is 5.69 Å². The smallest absolute Gasteiger partial charge is 0.0378 e. The van der Waals surface area contributed by atoms with E-state index >= 15 is 0 Å². The fourth-order valence-electron chi connectivity index (χ4n) is 3.69. The highest BCUT2D eigenvalue weighted by Crippen LogP contribution is 2.44. The molecule has 1 atom stereocenters. The van der Waals surface area contributed by atoms with Gasteiger partial charge < -0.3 is 11.5 Å². The second-order valence-electron chi connectivity index (χ2n) is 6.11. The minimum Gasteiger partial charge on any atom is -0.398 e. The molecule has 110 valence electrons. The summed E-state index contributed by atoms with van der Waals surface area (Å²) in [6, 6.07) is 12.7. The minimum absolute atomic E-state index is 0.0777. The predicted molar refractivity (Wildman–Crippen MR) is 86.9 cm³/mol. The zero-order chi connectivity index (χ0) is 14.7. The molecule has 0 radical (unpaired) electrons. The van der Waals surface area contributed by atoms with Crippen LogP contribution in [0.3, 0.4) is 0 Å². The SMILES string of the molecule is Nc1ccncc1CC(N)C1(c2ccccc2)CCCC1. The third kappa shape index (κ3) is 2.66. The topological polar surface area (TPSA) is 64.9 Å². The number of aromatic nitrogens is 1. The number of benzene rings is 1. The van der Waals surface area contributed by atoms with Crippen LogP contribution in [-0.2, 0) is 11.8 Å². The Morgan fingerprint density at radius 3 is 2.48 bits per heavy atom. The molecule has 4 N–H and O–H groups in total. The van der Waals surface area contributed by atoms with Crippen LogP contribution < -0.4 is 11.5 Å². The Hall–Kier alpha value is -1.87. The predicted octanol–water partition coefficient (Wildman–Crippen LogP) is 3.05. The average Bonchev–Trinajstić information content (AvgIpc) is 3.01. The van der Waals surface area contributed by atoms with Crippen molar-refractivity contribution in [1.29, 1.82) is 0 Å². The van der Waals surface area contributed by atoms with Gasteiger partial charge in [-0.1, -0.05) is 43.2 Å². The lowest BCUT2D eigenvalue weighted by Crippen LogP contribution is -2.45. The summed E-state index contributed by atoms with van der Waals surface area (Å²) in [5.41, 5.74) is 16.0. The van der Waals surface area contributed by atoms with Crippen LogP contribution in [0.15, 0.2) is 48.8 Å². The molecule has 1 aromatic heterocycles. The minimum atomic E-state index is 0.0777. The summed E-state index contributed by atoms with van der Waals surface area (Å²) in [4.78, 5) is 4.19. The zero-order valence-electron chi connectivity index (χ0n) is 12.3. The molecule has 3 rings (SSSR count). The highest BCUT2D eigenvalue weighted by Gasteiger charge is 2.40. The van der Waals surface area contributed by atoms with Gasteiger partial charge in [-0.3, -0.25) is 4.98 Å². The molecule has 1 aromatic carbocycles. The summed E-state index contributed by atoms with van der Waals surface area (Å²) in [6.07, 6.45) is 9.21. The van der Waals surface area contributed by atoms with Crippen LogP contribution in [0.25, 0.3) is 0 Å². The first-order valence-corrected chi connectivity index (χ1v) is 7.72. The van der Waals surface area contributed by atoms with E-state index in [9.17, 15) is 0 Å². The van der Waals surface area contributed by atoms with Crippen molar-refractivity contribution in [1.82, 2.24) is 4.98 Å². The molecule has 1 unspecified atom stereocenters. The van der Waals surface area contributed by atoms with Crippen LogP contribution in [0.2, 0.25) is 0 Å². The van der Waals surface area contributed by atoms with Gasteiger partial charge in [-0.2, -0.15) is 0 Å². The number of hydrogen-bond donors (Lipinski definition) is 2. The standard InChI is InChI=1S/C18H23N3/c19-16-8-11-21-13-14(16)12-17(20)18(9-4-5-10-18)15-6-2-1-3-7-15/h1-3,6-8,11,13,17H,4-5,9-10,12,20H2,(H2,19,21). The van der Waals surface area contributed by atoms with E-state index in [0.29, 0.717) is 0 Å². The Morgan fingerprint density at radius 2 is 1.81 bits per heavy atom. The molecule has 2 aromatic rings. The summed E-state index contributed by atoms with van der Waals surface area (Å²) >= 11 is 0. The molecule has 1 aliphatic carbocycles. The molecule has 0 aliphatic heterocycles. The van der Waals surface area contributed by atoms with E-state index in [1.54, 1.807) is 6.20 Å². The first kappa shape index (κ1) is 14.1. The number of nitrogen functional groups attached to an aromatic ring is 1. The first-order valence-electron chi connectivity index (χ1n) is 7.72. The molecule has 0 spiro atoms. The Bertz CT molecular complexity index is 588. The molecule has 1 aliphatic rings. The van der Waals surface area contributed by atoms with Gasteiger partial charge in [0.25, 0.3) is 0 Å². The van der Waals surface area contributed by atoms with Crippen LogP contribution in [0, 0.1) is 0 Å². The van der Waals surface area contributed by atoms with Crippen molar-refractivity contribution in [2.24, 2.45) is 5.73 Å². The highest BCUT2D eigenvalue weighted by atomic mass is 14.7. The number of anilines is 1. The second-order valence-corrected chi connectivity index (χ2v) is 6.11. The van der Waals surface area contributed by atoms with E-state index in [2.05, 4.69) is 35.3 Å². The van der Waals surface area contributed by atoms with E-state index in [1.807, 2.05) is 12.3 Å². The normalized spacial score (nSPS) is 18.5. The summed E-state index contributed by atoms with van der Waals surface area (Å²) < 4.78 is 0. The largest absolute Gasteiger partial charge is 0.398 e. The Balaban J connectivity index is 1.90. The van der Waals surface area contributed by atoms with Gasteiger partial charge in [-0.15, -0.1) is 0 Å². The summed E-state index contributed by atoms with van der Waals surface area (Å²) in [5, 5.41) is 0. The van der Waals surface area contributed by atoms with Crippen molar-refractivity contribution in [3.8, 4) is 0 Å². The van der Waals surface area contributed by atoms with Crippen molar-refractivity contribution in [2.75, 3.05) is 5.73 Å². The van der Waals surface area contributed by atoms with Gasteiger partial charge in [0.1, 0.15) is 0 Å². The van der Waals surface area contributed by atoms with Crippen molar-refractivity contribution >= 4 is 5.69 Å². The van der Waals surface area contributed by atoms with E-state index in [1.165, 1.54) is 31.2 Å². The number of nitrogens with zero attached hydrogens (tertiary/aromatic N) is 1. The monoisotopic (exact) mass is 281 g/mol. The molecule has 1 saturated carbocycles. The molecule has 0 amide bonds. The number of hydrogen-bond acceptors (Lipinski definition) is 3. The highest BCUT2D eigenvalue weighted by molar-refractivity contribution is 5.45. The van der Waals surface area contributed by atoms with Gasteiger partial charge in [0.15, 0.2) is 0 Å². The molecule has 0 bridgehead atoms. The van der Waals surface area contributed by atoms with Gasteiger partial charge >= 0.3 is 0 Å². The lowest BCUT2D eigenvalue weighted by molar-refractivity contribution is 0.347. The number of pyridine rings is 1. The third-order valence-electron chi connectivity index (χ3n) is 4.94. The summed E-state index contributed by atoms with van der Waals surface area (Å²) in [5.74, 6) is 0. The molecule has 1 heterocycles. The van der Waals surface area contributed by atoms with Gasteiger partial charge in [0.05, 0.1) is 0 Å². The Kier molecular flexibility index (Phi) is 3.93. The van der Waals surface area contributed by atoms with E-state index in [0.717, 1.165) is 17.7 Å². The maximum atomic E-state index is 6.66. The van der Waals surface area contributed by atoms with Crippen molar-refractivity contribution in [3.63, 3.8) is 0 Å². The maximum absolute atomic E-state index is 6.66. The van der Waals surface area contributed by atoms with E-state index < -0.39 is 0 Å². The van der Waals surface area contributed by atoms with Crippen molar-refractivity contribution in [2.45, 2.75) is 43.6 Å². The zero-order valence-corrected chi connectivity index (χ0v) is 12.3. The van der Waals surface area contributed by atoms with Crippen LogP contribution in [0.1, 0.15) is 36.8 Å². The van der Waals surface area contributed by atoms with Crippen LogP contribution in [-0.4, -0.2) is 11.0 Å². The molecular weight excluding hydrogens is 258 g/mol. The van der Waals surface area contributed by atoms with Gasteiger partial charge in [0.2, 0.25) is 0 Å². The molecule has 21 heavy (non-hydrogen) atoms. The average molecular weight is 281 g/mol. The lowest BCUT2D eigenvalue weighted by Gasteiger charge is -2.36. The van der Waals surface area contributed by atoms with Gasteiger partial charge in [-0.25, -0.2) is 0 Å². The van der Waals surface area contributed by atoms with Crippen molar-refractivity contribution < 1.29 is 0 Å². The van der Waals surface area contributed by atoms with E-state index in [4.69, 9.17) is 11.5 Å². The summed E-state index contributed by atoms with van der Waals surface area (Å²) in [6.45, 7) is 0. The van der Waals surface area contributed by atoms with Gasteiger partial charge in [-0.05, 0) is 36.5 Å². The molecule has 1 fully saturated rings. The molecule has 0 saturated heterocycles. The van der Waals surface area contributed by atoms with Crippen molar-refractivity contribution in [3.05, 3.63) is 59.9 Å². The lowest BCUT2D eigenvalue weighted by atomic mass is 9.71. The Morgan fingerprint density at radius 1 is 1.10 bits per heavy atom.